The number of nitrogens with zero attached hydrogens (tertiary/aromatic N) is 1. The van der Waals surface area contributed by atoms with E-state index in [2.05, 4.69) is 10.2 Å². The van der Waals surface area contributed by atoms with E-state index < -0.39 is 0 Å². The van der Waals surface area contributed by atoms with Gasteiger partial charge in [0.25, 0.3) is 0 Å². The van der Waals surface area contributed by atoms with Crippen LogP contribution >= 0.6 is 11.6 Å². The summed E-state index contributed by atoms with van der Waals surface area (Å²) in [7, 11) is 5.22. The van der Waals surface area contributed by atoms with Crippen LogP contribution in [0.3, 0.4) is 0 Å². The molecule has 0 unspecified atom stereocenters. The molecule has 2 rings (SSSR count). The molecule has 0 saturated carbocycles. The molecule has 0 spiro atoms. The van der Waals surface area contributed by atoms with Crippen molar-refractivity contribution in [3.63, 3.8) is 0 Å². The fourth-order valence-corrected chi connectivity index (χ4v) is 2.60. The molecule has 2 aromatic rings. The van der Waals surface area contributed by atoms with E-state index in [9.17, 15) is 4.79 Å². The van der Waals surface area contributed by atoms with Gasteiger partial charge in [0.1, 0.15) is 11.5 Å². The van der Waals surface area contributed by atoms with E-state index >= 15 is 0 Å². The molecule has 0 aromatic heterocycles. The largest absolute Gasteiger partial charge is 0.497 e. The molecule has 1 N–H and O–H groups in total. The number of methoxy groups -OCH3 is 2. The second kappa shape index (κ2) is 9.30. The first-order valence-electron chi connectivity index (χ1n) is 7.97. The number of carbonyl (C=O) groups is 1. The monoisotopic (exact) mass is 362 g/mol. The molecule has 0 fully saturated rings. The van der Waals surface area contributed by atoms with Gasteiger partial charge < -0.3 is 19.7 Å². The van der Waals surface area contributed by atoms with Crippen LogP contribution in [0.1, 0.15) is 12.0 Å². The first-order valence-corrected chi connectivity index (χ1v) is 8.35. The van der Waals surface area contributed by atoms with E-state index in [1.807, 2.05) is 37.4 Å². The molecule has 0 aliphatic heterocycles. The standard InChI is InChI=1S/C19H23ClN2O3/c1-22(13-14-8-9-15(24-2)12-18(14)25-3)11-10-19(23)21-17-7-5-4-6-16(17)20/h4-9,12H,10-11,13H2,1-3H3,(H,21,23). The number of ether oxygens (including phenoxy) is 2. The normalized spacial score (nSPS) is 10.6. The molecule has 134 valence electrons. The maximum Gasteiger partial charge on any atom is 0.225 e. The number of anilines is 1. The zero-order valence-electron chi connectivity index (χ0n) is 14.7. The zero-order valence-corrected chi connectivity index (χ0v) is 15.5. The van der Waals surface area contributed by atoms with Crippen molar-refractivity contribution in [1.29, 1.82) is 0 Å². The summed E-state index contributed by atoms with van der Waals surface area (Å²) >= 11 is 6.05. The quantitative estimate of drug-likeness (QED) is 0.775. The van der Waals surface area contributed by atoms with Gasteiger partial charge in [0, 0.05) is 31.1 Å². The average molecular weight is 363 g/mol. The van der Waals surface area contributed by atoms with Gasteiger partial charge in [-0.05, 0) is 25.2 Å². The Balaban J connectivity index is 1.87. The smallest absolute Gasteiger partial charge is 0.225 e. The Labute approximate surface area is 153 Å². The maximum atomic E-state index is 12.1. The second-order valence-electron chi connectivity index (χ2n) is 5.69. The van der Waals surface area contributed by atoms with Crippen LogP contribution in [0.25, 0.3) is 0 Å². The summed E-state index contributed by atoms with van der Waals surface area (Å²) in [4.78, 5) is 14.2. The fourth-order valence-electron chi connectivity index (χ4n) is 2.42. The molecule has 0 heterocycles. The fraction of sp³-hybridized carbons (Fsp3) is 0.316. The predicted molar refractivity (Wildman–Crippen MR) is 101 cm³/mol. The highest BCUT2D eigenvalue weighted by Gasteiger charge is 2.10. The Morgan fingerprint density at radius 1 is 1.16 bits per heavy atom. The molecule has 0 bridgehead atoms. The number of benzene rings is 2. The van der Waals surface area contributed by atoms with Crippen LogP contribution in [0, 0.1) is 0 Å². The van der Waals surface area contributed by atoms with Gasteiger partial charge in [-0.2, -0.15) is 0 Å². The molecule has 0 saturated heterocycles. The van der Waals surface area contributed by atoms with Gasteiger partial charge in [-0.15, -0.1) is 0 Å². The van der Waals surface area contributed by atoms with Gasteiger partial charge in [0.05, 0.1) is 24.9 Å². The average Bonchev–Trinajstić information content (AvgIpc) is 2.62. The summed E-state index contributed by atoms with van der Waals surface area (Å²) in [6.45, 7) is 1.29. The topological polar surface area (TPSA) is 50.8 Å². The van der Waals surface area contributed by atoms with Crippen LogP contribution in [0.4, 0.5) is 5.69 Å². The van der Waals surface area contributed by atoms with E-state index in [0.717, 1.165) is 17.1 Å². The summed E-state index contributed by atoms with van der Waals surface area (Å²) in [5.41, 5.74) is 1.67. The van der Waals surface area contributed by atoms with Gasteiger partial charge in [-0.3, -0.25) is 4.79 Å². The van der Waals surface area contributed by atoms with Crippen molar-refractivity contribution >= 4 is 23.2 Å². The molecule has 0 aliphatic rings. The molecule has 1 amide bonds. The zero-order chi connectivity index (χ0) is 18.2. The molecular weight excluding hydrogens is 340 g/mol. The lowest BCUT2D eigenvalue weighted by atomic mass is 10.1. The summed E-state index contributed by atoms with van der Waals surface area (Å²) in [5, 5.41) is 3.36. The highest BCUT2D eigenvalue weighted by Crippen LogP contribution is 2.25. The third kappa shape index (κ3) is 5.66. The SMILES string of the molecule is COc1ccc(CN(C)CCC(=O)Nc2ccccc2Cl)c(OC)c1. The van der Waals surface area contributed by atoms with Crippen LogP contribution in [-0.2, 0) is 11.3 Å². The molecule has 2 aromatic carbocycles. The first kappa shape index (κ1) is 19.1. The molecule has 0 aliphatic carbocycles. The lowest BCUT2D eigenvalue weighted by Crippen LogP contribution is -2.24. The number of halogens is 1. The van der Waals surface area contributed by atoms with Crippen LogP contribution in [-0.4, -0.2) is 38.6 Å². The van der Waals surface area contributed by atoms with E-state index in [0.29, 0.717) is 30.2 Å². The Morgan fingerprint density at radius 3 is 2.60 bits per heavy atom. The molecule has 5 nitrogen and oxygen atoms in total. The molecule has 0 atom stereocenters. The highest BCUT2D eigenvalue weighted by molar-refractivity contribution is 6.33. The van der Waals surface area contributed by atoms with E-state index in [-0.39, 0.29) is 5.91 Å². The van der Waals surface area contributed by atoms with Gasteiger partial charge in [-0.1, -0.05) is 29.8 Å². The lowest BCUT2D eigenvalue weighted by Gasteiger charge is -2.18. The summed E-state index contributed by atoms with van der Waals surface area (Å²) in [6, 6.07) is 12.9. The minimum absolute atomic E-state index is 0.0679. The lowest BCUT2D eigenvalue weighted by molar-refractivity contribution is -0.116. The van der Waals surface area contributed by atoms with Crippen LogP contribution in [0.2, 0.25) is 5.02 Å². The van der Waals surface area contributed by atoms with Gasteiger partial charge in [0.2, 0.25) is 5.91 Å². The Kier molecular flexibility index (Phi) is 7.10. The Bertz CT molecular complexity index is 722. The second-order valence-corrected chi connectivity index (χ2v) is 6.10. The van der Waals surface area contributed by atoms with Gasteiger partial charge in [-0.25, -0.2) is 0 Å². The van der Waals surface area contributed by atoms with E-state index in [1.165, 1.54) is 0 Å². The number of nitrogens with one attached hydrogen (secondary N) is 1. The van der Waals surface area contributed by atoms with Crippen LogP contribution in [0.5, 0.6) is 11.5 Å². The number of rotatable bonds is 8. The van der Waals surface area contributed by atoms with Crippen molar-refractivity contribution < 1.29 is 14.3 Å². The van der Waals surface area contributed by atoms with Crippen molar-refractivity contribution in [2.45, 2.75) is 13.0 Å². The Morgan fingerprint density at radius 2 is 1.92 bits per heavy atom. The number of hydrogen-bond acceptors (Lipinski definition) is 4. The van der Waals surface area contributed by atoms with E-state index in [1.54, 1.807) is 26.4 Å². The van der Waals surface area contributed by atoms with Crippen LogP contribution < -0.4 is 14.8 Å². The number of amides is 1. The first-order chi connectivity index (χ1) is 12.0. The third-order valence-electron chi connectivity index (χ3n) is 3.80. The summed E-state index contributed by atoms with van der Waals surface area (Å²) in [6.07, 6.45) is 0.375. The Hall–Kier alpha value is -2.24. The molecule has 0 radical (unpaired) electrons. The van der Waals surface area contributed by atoms with Gasteiger partial charge in [0.15, 0.2) is 0 Å². The predicted octanol–water partition coefficient (Wildman–Crippen LogP) is 3.82. The van der Waals surface area contributed by atoms with Gasteiger partial charge >= 0.3 is 0 Å². The van der Waals surface area contributed by atoms with Crippen molar-refractivity contribution in [3.05, 3.63) is 53.1 Å². The van der Waals surface area contributed by atoms with Crippen molar-refractivity contribution in [3.8, 4) is 11.5 Å². The number of para-hydroxylation sites is 1. The van der Waals surface area contributed by atoms with E-state index in [4.69, 9.17) is 21.1 Å². The van der Waals surface area contributed by atoms with Crippen molar-refractivity contribution in [2.75, 3.05) is 33.1 Å². The minimum Gasteiger partial charge on any atom is -0.497 e. The number of carbonyl (C=O) groups excluding carboxylic acids is 1. The minimum atomic E-state index is -0.0679. The van der Waals surface area contributed by atoms with Crippen molar-refractivity contribution in [2.24, 2.45) is 0 Å². The highest BCUT2D eigenvalue weighted by atomic mass is 35.5. The maximum absolute atomic E-state index is 12.1. The molecule has 6 heteroatoms. The number of hydrogen-bond donors (Lipinski definition) is 1. The molecule has 25 heavy (non-hydrogen) atoms. The summed E-state index contributed by atoms with van der Waals surface area (Å²) in [5.74, 6) is 1.45. The molecular formula is C19H23ClN2O3. The van der Waals surface area contributed by atoms with Crippen LogP contribution in [0.15, 0.2) is 42.5 Å². The third-order valence-corrected chi connectivity index (χ3v) is 4.13. The van der Waals surface area contributed by atoms with Crippen molar-refractivity contribution in [1.82, 2.24) is 4.90 Å². The summed E-state index contributed by atoms with van der Waals surface area (Å²) < 4.78 is 10.6.